The van der Waals surface area contributed by atoms with Crippen LogP contribution in [0.1, 0.15) is 48.8 Å². The van der Waals surface area contributed by atoms with Crippen LogP contribution >= 0.6 is 0 Å². The van der Waals surface area contributed by atoms with Crippen molar-refractivity contribution < 1.29 is 4.74 Å². The third kappa shape index (κ3) is 3.72. The molecule has 1 unspecified atom stereocenters. The zero-order valence-corrected chi connectivity index (χ0v) is 17.7. The Kier molecular flexibility index (Phi) is 5.25. The van der Waals surface area contributed by atoms with E-state index in [9.17, 15) is 0 Å². The van der Waals surface area contributed by atoms with Gasteiger partial charge in [0.15, 0.2) is 0 Å². The molecular weight excluding hydrogens is 374 g/mol. The van der Waals surface area contributed by atoms with E-state index < -0.39 is 0 Å². The monoisotopic (exact) mass is 403 g/mol. The zero-order valence-electron chi connectivity index (χ0n) is 17.7. The number of para-hydroxylation sites is 1. The number of aromatic nitrogens is 4. The molecule has 1 atom stereocenters. The number of nitrogens with zero attached hydrogens (tertiary/aromatic N) is 5. The maximum Gasteiger partial charge on any atom is 0.213 e. The van der Waals surface area contributed by atoms with Crippen molar-refractivity contribution in [3.05, 3.63) is 65.9 Å². The summed E-state index contributed by atoms with van der Waals surface area (Å²) in [6.45, 7) is 0. The lowest BCUT2D eigenvalue weighted by Gasteiger charge is -2.28. The van der Waals surface area contributed by atoms with Crippen molar-refractivity contribution in [2.45, 2.75) is 56.6 Å². The number of likely N-dealkylation sites (N-methyl/N-ethyl adjacent to an activating group) is 1. The standard InChI is InChI=1S/C24H29N5O/c1-28(2)19-15-18-7-3-4-8-21(18)29-22(16-19)26-27-24(29)17-10-12-20(13-11-17)30-23-9-5-6-14-25-23/h3-9,14,17,19-20H,10-13,15-16H2,1-2H3/t17-,19?,20-. The second-order valence-electron chi connectivity index (χ2n) is 8.72. The first-order valence-corrected chi connectivity index (χ1v) is 11.0. The van der Waals surface area contributed by atoms with Gasteiger partial charge < -0.3 is 9.64 Å². The van der Waals surface area contributed by atoms with E-state index in [4.69, 9.17) is 9.84 Å². The molecule has 1 saturated carbocycles. The van der Waals surface area contributed by atoms with Crippen LogP contribution in [0.25, 0.3) is 5.69 Å². The number of hydrogen-bond donors (Lipinski definition) is 0. The molecule has 2 aromatic heterocycles. The minimum atomic E-state index is 0.230. The van der Waals surface area contributed by atoms with Gasteiger partial charge in [-0.1, -0.05) is 24.3 Å². The average Bonchev–Trinajstić information content (AvgIpc) is 3.10. The maximum atomic E-state index is 6.09. The molecule has 1 fully saturated rings. The summed E-state index contributed by atoms with van der Waals surface area (Å²) in [6, 6.07) is 15.0. The van der Waals surface area contributed by atoms with E-state index in [-0.39, 0.29) is 6.10 Å². The van der Waals surface area contributed by atoms with Crippen LogP contribution in [0.15, 0.2) is 48.7 Å². The van der Waals surface area contributed by atoms with Crippen LogP contribution in [0.2, 0.25) is 0 Å². The van der Waals surface area contributed by atoms with Gasteiger partial charge in [0.1, 0.15) is 17.8 Å². The van der Waals surface area contributed by atoms with Gasteiger partial charge in [-0.2, -0.15) is 0 Å². The smallest absolute Gasteiger partial charge is 0.213 e. The largest absolute Gasteiger partial charge is 0.474 e. The van der Waals surface area contributed by atoms with Gasteiger partial charge >= 0.3 is 0 Å². The van der Waals surface area contributed by atoms with E-state index in [0.29, 0.717) is 12.0 Å². The molecule has 0 spiro atoms. The number of rotatable bonds is 4. The Morgan fingerprint density at radius 2 is 1.73 bits per heavy atom. The molecule has 2 aliphatic rings. The van der Waals surface area contributed by atoms with Crippen LogP contribution in [-0.4, -0.2) is 50.9 Å². The van der Waals surface area contributed by atoms with Gasteiger partial charge in [-0.3, -0.25) is 4.57 Å². The van der Waals surface area contributed by atoms with E-state index >= 15 is 0 Å². The summed E-state index contributed by atoms with van der Waals surface area (Å²) in [4.78, 5) is 6.61. The molecule has 0 bridgehead atoms. The van der Waals surface area contributed by atoms with Gasteiger partial charge in [0.25, 0.3) is 0 Å². The van der Waals surface area contributed by atoms with E-state index in [1.165, 1.54) is 11.3 Å². The Morgan fingerprint density at radius 3 is 2.50 bits per heavy atom. The number of ether oxygens (including phenoxy) is 1. The van der Waals surface area contributed by atoms with Crippen LogP contribution in [0.5, 0.6) is 5.88 Å². The molecule has 1 aliphatic carbocycles. The Hall–Kier alpha value is -2.73. The summed E-state index contributed by atoms with van der Waals surface area (Å²) in [5, 5.41) is 9.36. The predicted octanol–water partition coefficient (Wildman–Crippen LogP) is 3.80. The minimum Gasteiger partial charge on any atom is -0.474 e. The van der Waals surface area contributed by atoms with Crippen molar-refractivity contribution in [1.29, 1.82) is 0 Å². The van der Waals surface area contributed by atoms with Crippen molar-refractivity contribution in [3.63, 3.8) is 0 Å². The van der Waals surface area contributed by atoms with Crippen molar-refractivity contribution in [2.24, 2.45) is 0 Å². The van der Waals surface area contributed by atoms with Crippen molar-refractivity contribution in [3.8, 4) is 11.6 Å². The average molecular weight is 404 g/mol. The summed E-state index contributed by atoms with van der Waals surface area (Å²) in [5.41, 5.74) is 2.63. The highest BCUT2D eigenvalue weighted by Gasteiger charge is 2.31. The van der Waals surface area contributed by atoms with Crippen molar-refractivity contribution in [1.82, 2.24) is 24.6 Å². The van der Waals surface area contributed by atoms with Gasteiger partial charge in [-0.15, -0.1) is 10.2 Å². The molecule has 0 radical (unpaired) electrons. The summed E-state index contributed by atoms with van der Waals surface area (Å²) in [6.07, 6.45) is 8.14. The van der Waals surface area contributed by atoms with Gasteiger partial charge in [-0.25, -0.2) is 4.98 Å². The molecule has 0 amide bonds. The van der Waals surface area contributed by atoms with Crippen molar-refractivity contribution >= 4 is 0 Å². The molecular formula is C24H29N5O. The van der Waals surface area contributed by atoms with Crippen molar-refractivity contribution in [2.75, 3.05) is 14.1 Å². The number of fused-ring (bicyclic) bond motifs is 3. The molecule has 6 nitrogen and oxygen atoms in total. The molecule has 30 heavy (non-hydrogen) atoms. The molecule has 5 rings (SSSR count). The fraction of sp³-hybridized carbons (Fsp3) is 0.458. The lowest BCUT2D eigenvalue weighted by Crippen LogP contribution is -2.31. The first-order chi connectivity index (χ1) is 14.7. The van der Waals surface area contributed by atoms with Crippen LogP contribution < -0.4 is 4.74 Å². The lowest BCUT2D eigenvalue weighted by atomic mass is 9.86. The Labute approximate surface area is 177 Å². The molecule has 3 heterocycles. The number of benzene rings is 1. The first-order valence-electron chi connectivity index (χ1n) is 11.0. The van der Waals surface area contributed by atoms with Gasteiger partial charge in [-0.05, 0) is 63.9 Å². The lowest BCUT2D eigenvalue weighted by molar-refractivity contribution is 0.139. The number of hydrogen-bond acceptors (Lipinski definition) is 5. The highest BCUT2D eigenvalue weighted by Crippen LogP contribution is 2.36. The van der Waals surface area contributed by atoms with Crippen LogP contribution in [-0.2, 0) is 12.8 Å². The number of pyridine rings is 1. The SMILES string of the molecule is CN(C)C1Cc2ccccc2-n2c(nnc2[C@H]2CC[C@H](Oc3ccccn3)CC2)C1. The molecule has 3 aromatic rings. The Bertz CT molecular complexity index is 992. The quantitative estimate of drug-likeness (QED) is 0.663. The highest BCUT2D eigenvalue weighted by molar-refractivity contribution is 5.45. The van der Waals surface area contributed by atoms with E-state index in [0.717, 1.165) is 56.1 Å². The summed E-state index contributed by atoms with van der Waals surface area (Å²) in [7, 11) is 4.31. The van der Waals surface area contributed by atoms with Gasteiger partial charge in [0, 0.05) is 30.6 Å². The van der Waals surface area contributed by atoms with Gasteiger partial charge in [0.05, 0.1) is 5.69 Å². The van der Waals surface area contributed by atoms with Crippen LogP contribution in [0, 0.1) is 0 Å². The van der Waals surface area contributed by atoms with Crippen LogP contribution in [0.3, 0.4) is 0 Å². The third-order valence-corrected chi connectivity index (χ3v) is 6.56. The Balaban J connectivity index is 1.38. The summed E-state index contributed by atoms with van der Waals surface area (Å²) in [5.74, 6) is 3.34. The molecule has 0 N–H and O–H groups in total. The van der Waals surface area contributed by atoms with E-state index in [2.05, 4.69) is 57.9 Å². The molecule has 156 valence electrons. The Morgan fingerprint density at radius 1 is 0.933 bits per heavy atom. The molecule has 1 aliphatic heterocycles. The second kappa shape index (κ2) is 8.19. The molecule has 0 saturated heterocycles. The molecule has 6 heteroatoms. The van der Waals surface area contributed by atoms with Gasteiger partial charge in [0.2, 0.25) is 5.88 Å². The maximum absolute atomic E-state index is 6.09. The molecule has 1 aromatic carbocycles. The topological polar surface area (TPSA) is 56.1 Å². The summed E-state index contributed by atoms with van der Waals surface area (Å²) < 4.78 is 8.44. The zero-order chi connectivity index (χ0) is 20.5. The fourth-order valence-electron chi connectivity index (χ4n) is 4.82. The third-order valence-electron chi connectivity index (χ3n) is 6.56. The first kappa shape index (κ1) is 19.2. The fourth-order valence-corrected chi connectivity index (χ4v) is 4.82. The highest BCUT2D eigenvalue weighted by atomic mass is 16.5. The normalized spacial score (nSPS) is 23.5. The minimum absolute atomic E-state index is 0.230. The second-order valence-corrected chi connectivity index (χ2v) is 8.72. The predicted molar refractivity (Wildman–Crippen MR) is 116 cm³/mol. The van der Waals surface area contributed by atoms with E-state index in [1.807, 2.05) is 18.2 Å². The van der Waals surface area contributed by atoms with E-state index in [1.54, 1.807) is 6.20 Å². The van der Waals surface area contributed by atoms with Crippen LogP contribution in [0.4, 0.5) is 0 Å². The summed E-state index contributed by atoms with van der Waals surface area (Å²) >= 11 is 0.